The maximum atomic E-state index is 13.0. The Bertz CT molecular complexity index is 1490. The van der Waals surface area contributed by atoms with Crippen LogP contribution in [0.15, 0.2) is 89.8 Å². The molecule has 6 rings (SSSR count). The van der Waals surface area contributed by atoms with Gasteiger partial charge in [0.2, 0.25) is 5.82 Å². The zero-order chi connectivity index (χ0) is 24.3. The Morgan fingerprint density at radius 1 is 0.889 bits per heavy atom. The van der Waals surface area contributed by atoms with Crippen molar-refractivity contribution in [2.75, 3.05) is 26.2 Å². The number of pyridine rings is 2. The fourth-order valence-electron chi connectivity index (χ4n) is 4.44. The van der Waals surface area contributed by atoms with Gasteiger partial charge in [-0.25, -0.2) is 0 Å². The maximum Gasteiger partial charge on any atom is 0.259 e. The zero-order valence-electron chi connectivity index (χ0n) is 19.6. The monoisotopic (exact) mass is 476 g/mol. The SMILES string of the molecule is O=C(c1cnc2ccccc2c1)N1CCN(Cc2ccc(-c3noc(-c4cccnc4)n3)cc2)CC1. The number of amides is 1. The lowest BCUT2D eigenvalue weighted by molar-refractivity contribution is 0.0628. The molecule has 0 atom stereocenters. The molecule has 1 amide bonds. The summed E-state index contributed by atoms with van der Waals surface area (Å²) in [6.07, 6.45) is 5.09. The highest BCUT2D eigenvalue weighted by molar-refractivity contribution is 5.97. The first-order chi connectivity index (χ1) is 17.7. The van der Waals surface area contributed by atoms with Crippen LogP contribution in [0.3, 0.4) is 0 Å². The van der Waals surface area contributed by atoms with Crippen LogP contribution < -0.4 is 0 Å². The average Bonchev–Trinajstić information content (AvgIpc) is 3.44. The summed E-state index contributed by atoms with van der Waals surface area (Å²) in [4.78, 5) is 30.3. The zero-order valence-corrected chi connectivity index (χ0v) is 19.6. The molecular formula is C28H24N6O2. The van der Waals surface area contributed by atoms with Gasteiger partial charge >= 0.3 is 0 Å². The molecule has 0 aliphatic carbocycles. The van der Waals surface area contributed by atoms with E-state index in [1.807, 2.05) is 59.5 Å². The van der Waals surface area contributed by atoms with Crippen molar-refractivity contribution in [3.8, 4) is 22.8 Å². The number of para-hydroxylation sites is 1. The number of aromatic nitrogens is 4. The van der Waals surface area contributed by atoms with Crippen molar-refractivity contribution in [2.45, 2.75) is 6.54 Å². The summed E-state index contributed by atoms with van der Waals surface area (Å²) >= 11 is 0. The Kier molecular flexibility index (Phi) is 5.93. The molecular weight excluding hydrogens is 452 g/mol. The van der Waals surface area contributed by atoms with Gasteiger partial charge in [0, 0.05) is 62.3 Å². The normalized spacial score (nSPS) is 14.3. The smallest absolute Gasteiger partial charge is 0.259 e. The molecule has 8 heteroatoms. The molecule has 1 aliphatic rings. The molecule has 0 unspecified atom stereocenters. The van der Waals surface area contributed by atoms with Crippen LogP contribution in [0.1, 0.15) is 15.9 Å². The maximum absolute atomic E-state index is 13.0. The highest BCUT2D eigenvalue weighted by Crippen LogP contribution is 2.22. The van der Waals surface area contributed by atoms with Crippen molar-refractivity contribution >= 4 is 16.8 Å². The van der Waals surface area contributed by atoms with Crippen LogP contribution in [-0.4, -0.2) is 62.0 Å². The summed E-state index contributed by atoms with van der Waals surface area (Å²) in [5, 5.41) is 5.09. The van der Waals surface area contributed by atoms with Crippen LogP contribution in [-0.2, 0) is 6.54 Å². The van der Waals surface area contributed by atoms with E-state index < -0.39 is 0 Å². The van der Waals surface area contributed by atoms with E-state index in [1.165, 1.54) is 5.56 Å². The van der Waals surface area contributed by atoms with Crippen molar-refractivity contribution in [1.29, 1.82) is 0 Å². The van der Waals surface area contributed by atoms with Crippen LogP contribution in [0, 0.1) is 0 Å². The summed E-state index contributed by atoms with van der Waals surface area (Å²) in [7, 11) is 0. The highest BCUT2D eigenvalue weighted by atomic mass is 16.5. The molecule has 8 nitrogen and oxygen atoms in total. The molecule has 178 valence electrons. The predicted octanol–water partition coefficient (Wildman–Crippen LogP) is 4.30. The van der Waals surface area contributed by atoms with Crippen molar-refractivity contribution in [1.82, 2.24) is 29.9 Å². The number of rotatable bonds is 5. The lowest BCUT2D eigenvalue weighted by Gasteiger charge is -2.34. The number of benzene rings is 2. The standard InChI is InChI=1S/C28H24N6O2/c35-28(24-16-22-4-1-2-6-25(22)30-18-24)34-14-12-33(13-15-34)19-20-7-9-21(10-8-20)26-31-27(36-32-26)23-5-3-11-29-17-23/h1-11,16-18H,12-15,19H2. The molecule has 0 bridgehead atoms. The van der Waals surface area contributed by atoms with Crippen molar-refractivity contribution in [3.63, 3.8) is 0 Å². The molecule has 2 aromatic carbocycles. The largest absolute Gasteiger partial charge is 0.336 e. The lowest BCUT2D eigenvalue weighted by Crippen LogP contribution is -2.48. The van der Waals surface area contributed by atoms with Crippen LogP contribution in [0.2, 0.25) is 0 Å². The van der Waals surface area contributed by atoms with E-state index in [9.17, 15) is 4.79 Å². The van der Waals surface area contributed by atoms with Gasteiger partial charge in [-0.1, -0.05) is 47.6 Å². The van der Waals surface area contributed by atoms with Crippen molar-refractivity contribution in [2.24, 2.45) is 0 Å². The first-order valence-electron chi connectivity index (χ1n) is 11.9. The number of piperazine rings is 1. The minimum absolute atomic E-state index is 0.0445. The predicted molar refractivity (Wildman–Crippen MR) is 136 cm³/mol. The Labute approximate surface area is 208 Å². The number of carbonyl (C=O) groups excluding carboxylic acids is 1. The number of carbonyl (C=O) groups is 1. The van der Waals surface area contributed by atoms with E-state index in [2.05, 4.69) is 37.1 Å². The van der Waals surface area contributed by atoms with E-state index in [1.54, 1.807) is 18.6 Å². The fourth-order valence-corrected chi connectivity index (χ4v) is 4.44. The van der Waals surface area contributed by atoms with Crippen LogP contribution in [0.25, 0.3) is 33.7 Å². The molecule has 3 aromatic heterocycles. The van der Waals surface area contributed by atoms with Crippen LogP contribution in [0.5, 0.6) is 0 Å². The molecule has 1 aliphatic heterocycles. The van der Waals surface area contributed by atoms with Crippen molar-refractivity contribution in [3.05, 3.63) is 96.4 Å². The highest BCUT2D eigenvalue weighted by Gasteiger charge is 2.22. The van der Waals surface area contributed by atoms with E-state index in [0.29, 0.717) is 30.4 Å². The van der Waals surface area contributed by atoms with Gasteiger partial charge in [0.15, 0.2) is 0 Å². The topological polar surface area (TPSA) is 88.3 Å². The van der Waals surface area contributed by atoms with E-state index in [0.717, 1.165) is 41.7 Å². The molecule has 0 N–H and O–H groups in total. The number of hydrogen-bond acceptors (Lipinski definition) is 7. The summed E-state index contributed by atoms with van der Waals surface area (Å²) in [6.45, 7) is 3.88. The molecule has 1 fully saturated rings. The molecule has 36 heavy (non-hydrogen) atoms. The van der Waals surface area contributed by atoms with Gasteiger partial charge in [0.25, 0.3) is 11.8 Å². The minimum Gasteiger partial charge on any atom is -0.336 e. The Morgan fingerprint density at radius 3 is 2.53 bits per heavy atom. The number of fused-ring (bicyclic) bond motifs is 1. The summed E-state index contributed by atoms with van der Waals surface area (Å²) in [5.41, 5.74) is 4.44. The third kappa shape index (κ3) is 4.58. The van der Waals surface area contributed by atoms with E-state index in [-0.39, 0.29) is 5.91 Å². The number of hydrogen-bond donors (Lipinski definition) is 0. The van der Waals surface area contributed by atoms with Gasteiger partial charge in [-0.3, -0.25) is 19.7 Å². The number of nitrogens with zero attached hydrogens (tertiary/aromatic N) is 6. The molecule has 4 heterocycles. The second-order valence-electron chi connectivity index (χ2n) is 8.85. The van der Waals surface area contributed by atoms with Crippen LogP contribution in [0.4, 0.5) is 0 Å². The summed E-state index contributed by atoms with van der Waals surface area (Å²) in [5.74, 6) is 1.05. The average molecular weight is 477 g/mol. The third-order valence-corrected chi connectivity index (χ3v) is 6.45. The fraction of sp³-hybridized carbons (Fsp3) is 0.179. The van der Waals surface area contributed by atoms with Gasteiger partial charge in [0.05, 0.1) is 16.6 Å². The first-order valence-corrected chi connectivity index (χ1v) is 11.9. The summed E-state index contributed by atoms with van der Waals surface area (Å²) < 4.78 is 5.39. The molecule has 1 saturated heterocycles. The second kappa shape index (κ2) is 9.67. The van der Waals surface area contributed by atoms with Gasteiger partial charge < -0.3 is 9.42 Å². The van der Waals surface area contributed by atoms with Gasteiger partial charge in [0.1, 0.15) is 0 Å². The van der Waals surface area contributed by atoms with Crippen molar-refractivity contribution < 1.29 is 9.32 Å². The van der Waals surface area contributed by atoms with Gasteiger partial charge in [-0.2, -0.15) is 4.98 Å². The molecule has 0 saturated carbocycles. The van der Waals surface area contributed by atoms with Gasteiger partial charge in [-0.15, -0.1) is 0 Å². The lowest BCUT2D eigenvalue weighted by atomic mass is 10.1. The molecule has 0 spiro atoms. The second-order valence-corrected chi connectivity index (χ2v) is 8.85. The molecule has 5 aromatic rings. The van der Waals surface area contributed by atoms with E-state index >= 15 is 0 Å². The Morgan fingerprint density at radius 2 is 1.72 bits per heavy atom. The quantitative estimate of drug-likeness (QED) is 0.374. The first kappa shape index (κ1) is 22.1. The third-order valence-electron chi connectivity index (χ3n) is 6.45. The Hall–Kier alpha value is -4.43. The minimum atomic E-state index is 0.0445. The van der Waals surface area contributed by atoms with Crippen LogP contribution >= 0.6 is 0 Å². The summed E-state index contributed by atoms with van der Waals surface area (Å²) in [6, 6.07) is 21.7. The van der Waals surface area contributed by atoms with E-state index in [4.69, 9.17) is 4.52 Å². The Balaban J connectivity index is 1.05. The molecule has 0 radical (unpaired) electrons. The van der Waals surface area contributed by atoms with Gasteiger partial charge in [-0.05, 0) is 29.8 Å².